The number of aryl methyl sites for hydroxylation is 2. The van der Waals surface area contributed by atoms with Crippen molar-refractivity contribution in [2.45, 2.75) is 19.9 Å². The Hall–Kier alpha value is -4.10. The van der Waals surface area contributed by atoms with E-state index in [1.807, 2.05) is 32.0 Å². The van der Waals surface area contributed by atoms with Crippen molar-refractivity contribution < 1.29 is 23.8 Å². The molecule has 35 heavy (non-hydrogen) atoms. The van der Waals surface area contributed by atoms with Crippen molar-refractivity contribution in [1.82, 2.24) is 4.98 Å². The number of nitrogens with zero attached hydrogens (tertiary/aromatic N) is 2. The van der Waals surface area contributed by atoms with Gasteiger partial charge in [-0.15, -0.1) is 0 Å². The van der Waals surface area contributed by atoms with Gasteiger partial charge in [-0.05, 0) is 55.3 Å². The Morgan fingerprint density at radius 2 is 1.94 bits per heavy atom. The number of fused-ring (bicyclic) bond motifs is 1. The van der Waals surface area contributed by atoms with Gasteiger partial charge in [0.25, 0.3) is 5.91 Å². The molecule has 2 aromatic carbocycles. The standard InChI is InChI=1S/C27H21ClN2O5/c1-14-7-8-15(2)19(10-14)30-23(18-6-4-5-9-29-18)22(25(32)27(30)33)24(31)20-12-16-11-17(28)13-21(34-3)26(16)35-20/h4-13,23,32H,1-3H3. The Labute approximate surface area is 206 Å². The van der Waals surface area contributed by atoms with Crippen LogP contribution in [-0.2, 0) is 4.79 Å². The smallest absolute Gasteiger partial charge is 0.294 e. The van der Waals surface area contributed by atoms with Crippen molar-refractivity contribution in [1.29, 1.82) is 0 Å². The van der Waals surface area contributed by atoms with Crippen molar-refractivity contribution in [3.05, 3.63) is 99.7 Å². The highest BCUT2D eigenvalue weighted by molar-refractivity contribution is 6.31. The van der Waals surface area contributed by atoms with Crippen LogP contribution >= 0.6 is 11.6 Å². The van der Waals surface area contributed by atoms with Crippen molar-refractivity contribution >= 4 is 39.9 Å². The van der Waals surface area contributed by atoms with Crippen LogP contribution in [0.25, 0.3) is 11.0 Å². The summed E-state index contributed by atoms with van der Waals surface area (Å²) in [4.78, 5) is 33.0. The van der Waals surface area contributed by atoms with Gasteiger partial charge in [-0.1, -0.05) is 29.8 Å². The molecule has 5 rings (SSSR count). The van der Waals surface area contributed by atoms with E-state index in [0.717, 1.165) is 11.1 Å². The molecule has 0 saturated heterocycles. The second-order valence-corrected chi connectivity index (χ2v) is 8.79. The number of Topliss-reactive ketones (excluding diaryl/α,β-unsaturated/α-hetero) is 1. The summed E-state index contributed by atoms with van der Waals surface area (Å²) in [5.41, 5.74) is 2.99. The SMILES string of the molecule is COc1cc(Cl)cc2cc(C(=O)C3=C(O)C(=O)N(c4cc(C)ccc4C)C3c3ccccn3)oc12. The Bertz CT molecular complexity index is 1520. The number of benzene rings is 2. The topological polar surface area (TPSA) is 92.9 Å². The molecule has 3 heterocycles. The first-order chi connectivity index (χ1) is 16.8. The molecule has 0 bridgehead atoms. The van der Waals surface area contributed by atoms with Gasteiger partial charge in [0.2, 0.25) is 5.78 Å². The first-order valence-electron chi connectivity index (χ1n) is 10.9. The number of anilines is 1. The van der Waals surface area contributed by atoms with Crippen LogP contribution < -0.4 is 9.64 Å². The van der Waals surface area contributed by atoms with E-state index in [4.69, 9.17) is 20.8 Å². The number of methoxy groups -OCH3 is 1. The molecule has 1 unspecified atom stereocenters. The molecule has 1 amide bonds. The van der Waals surface area contributed by atoms with Crippen LogP contribution in [0.5, 0.6) is 5.75 Å². The molecule has 7 nitrogen and oxygen atoms in total. The summed E-state index contributed by atoms with van der Waals surface area (Å²) >= 11 is 6.16. The number of aliphatic hydroxyl groups is 1. The summed E-state index contributed by atoms with van der Waals surface area (Å²) in [5.74, 6) is -1.65. The fraction of sp³-hybridized carbons (Fsp3) is 0.148. The molecule has 1 N–H and O–H groups in total. The number of hydrogen-bond acceptors (Lipinski definition) is 6. The van der Waals surface area contributed by atoms with Gasteiger partial charge in [0.05, 0.1) is 18.4 Å². The number of aromatic nitrogens is 1. The highest BCUT2D eigenvalue weighted by Gasteiger charge is 2.46. The number of carbonyl (C=O) groups excluding carboxylic acids is 2. The molecule has 1 atom stereocenters. The number of halogens is 1. The van der Waals surface area contributed by atoms with E-state index in [1.165, 1.54) is 18.1 Å². The summed E-state index contributed by atoms with van der Waals surface area (Å²) < 4.78 is 11.2. The Balaban J connectivity index is 1.68. The number of ketones is 1. The third kappa shape index (κ3) is 3.74. The highest BCUT2D eigenvalue weighted by Crippen LogP contribution is 2.43. The van der Waals surface area contributed by atoms with Crippen molar-refractivity contribution in [3.8, 4) is 5.75 Å². The van der Waals surface area contributed by atoms with Crippen molar-refractivity contribution in [2.75, 3.05) is 12.0 Å². The quantitative estimate of drug-likeness (QED) is 0.352. The van der Waals surface area contributed by atoms with Crippen LogP contribution in [0.2, 0.25) is 5.02 Å². The average Bonchev–Trinajstić information content (AvgIpc) is 3.39. The molecule has 0 aliphatic carbocycles. The van der Waals surface area contributed by atoms with E-state index >= 15 is 0 Å². The molecule has 0 fully saturated rings. The average molecular weight is 489 g/mol. The lowest BCUT2D eigenvalue weighted by molar-refractivity contribution is -0.117. The first-order valence-corrected chi connectivity index (χ1v) is 11.2. The third-order valence-corrected chi connectivity index (χ3v) is 6.25. The van der Waals surface area contributed by atoms with E-state index < -0.39 is 23.5 Å². The summed E-state index contributed by atoms with van der Waals surface area (Å²) in [6.07, 6.45) is 1.58. The second-order valence-electron chi connectivity index (χ2n) is 8.35. The number of aliphatic hydroxyl groups excluding tert-OH is 1. The molecule has 0 radical (unpaired) electrons. The predicted octanol–water partition coefficient (Wildman–Crippen LogP) is 5.89. The zero-order chi connectivity index (χ0) is 24.9. The van der Waals surface area contributed by atoms with Gasteiger partial charge in [0.15, 0.2) is 22.9 Å². The molecule has 0 spiro atoms. The fourth-order valence-corrected chi connectivity index (χ4v) is 4.58. The van der Waals surface area contributed by atoms with E-state index in [1.54, 1.807) is 36.5 Å². The maximum absolute atomic E-state index is 13.8. The van der Waals surface area contributed by atoms with Gasteiger partial charge in [-0.3, -0.25) is 19.5 Å². The minimum absolute atomic E-state index is 0.0568. The number of furan rings is 1. The van der Waals surface area contributed by atoms with E-state index in [0.29, 0.717) is 33.1 Å². The molecule has 0 saturated carbocycles. The lowest BCUT2D eigenvalue weighted by atomic mass is 9.97. The molecule has 1 aliphatic rings. The zero-order valence-corrected chi connectivity index (χ0v) is 20.0. The van der Waals surface area contributed by atoms with Gasteiger partial charge < -0.3 is 14.3 Å². The second kappa shape index (κ2) is 8.60. The zero-order valence-electron chi connectivity index (χ0n) is 19.2. The van der Waals surface area contributed by atoms with Gasteiger partial charge in [-0.2, -0.15) is 0 Å². The van der Waals surface area contributed by atoms with Gasteiger partial charge in [-0.25, -0.2) is 0 Å². The number of rotatable bonds is 5. The van der Waals surface area contributed by atoms with Crippen LogP contribution in [-0.4, -0.2) is 28.9 Å². The minimum Gasteiger partial charge on any atom is -0.503 e. The lowest BCUT2D eigenvalue weighted by Crippen LogP contribution is -2.32. The van der Waals surface area contributed by atoms with E-state index in [-0.39, 0.29) is 11.3 Å². The summed E-state index contributed by atoms with van der Waals surface area (Å²) in [6, 6.07) is 14.7. The maximum atomic E-state index is 13.8. The molecule has 4 aromatic rings. The molecular formula is C27H21ClN2O5. The summed E-state index contributed by atoms with van der Waals surface area (Å²) in [7, 11) is 1.47. The van der Waals surface area contributed by atoms with E-state index in [2.05, 4.69) is 4.98 Å². The van der Waals surface area contributed by atoms with Gasteiger partial charge >= 0.3 is 0 Å². The maximum Gasteiger partial charge on any atom is 0.294 e. The van der Waals surface area contributed by atoms with Crippen molar-refractivity contribution in [2.24, 2.45) is 0 Å². The van der Waals surface area contributed by atoms with Gasteiger partial charge in [0.1, 0.15) is 6.04 Å². The van der Waals surface area contributed by atoms with Crippen LogP contribution in [0.15, 0.2) is 76.5 Å². The lowest BCUT2D eigenvalue weighted by Gasteiger charge is -2.27. The largest absolute Gasteiger partial charge is 0.503 e. The number of ether oxygens (including phenoxy) is 1. The van der Waals surface area contributed by atoms with Gasteiger partial charge in [0, 0.05) is 28.4 Å². The number of pyridine rings is 1. The molecule has 8 heteroatoms. The molecular weight excluding hydrogens is 468 g/mol. The van der Waals surface area contributed by atoms with Crippen LogP contribution in [0, 0.1) is 13.8 Å². The summed E-state index contributed by atoms with van der Waals surface area (Å²) in [6.45, 7) is 3.77. The number of carbonyl (C=O) groups is 2. The number of hydrogen-bond donors (Lipinski definition) is 1. The highest BCUT2D eigenvalue weighted by atomic mass is 35.5. The molecule has 1 aliphatic heterocycles. The minimum atomic E-state index is -0.949. The first kappa shape index (κ1) is 22.7. The van der Waals surface area contributed by atoms with Crippen LogP contribution in [0.3, 0.4) is 0 Å². The summed E-state index contributed by atoms with van der Waals surface area (Å²) in [5, 5.41) is 12.0. The molecule has 2 aromatic heterocycles. The third-order valence-electron chi connectivity index (χ3n) is 6.04. The van der Waals surface area contributed by atoms with Crippen molar-refractivity contribution in [3.63, 3.8) is 0 Å². The van der Waals surface area contributed by atoms with Crippen LogP contribution in [0.1, 0.15) is 33.4 Å². The normalized spacial score (nSPS) is 15.8. The fourth-order valence-electron chi connectivity index (χ4n) is 4.36. The Morgan fingerprint density at radius 1 is 1.14 bits per heavy atom. The van der Waals surface area contributed by atoms with E-state index in [9.17, 15) is 14.7 Å². The Kier molecular flexibility index (Phi) is 5.57. The predicted molar refractivity (Wildman–Crippen MR) is 132 cm³/mol. The Morgan fingerprint density at radius 3 is 2.66 bits per heavy atom. The molecule has 176 valence electrons. The number of amides is 1. The van der Waals surface area contributed by atoms with Crippen LogP contribution in [0.4, 0.5) is 5.69 Å². The monoisotopic (exact) mass is 488 g/mol.